The van der Waals surface area contributed by atoms with E-state index >= 15 is 0 Å². The van der Waals surface area contributed by atoms with Crippen molar-refractivity contribution >= 4 is 5.69 Å². The van der Waals surface area contributed by atoms with Gasteiger partial charge in [-0.3, -0.25) is 4.68 Å². The molecule has 4 nitrogen and oxygen atoms in total. The molecule has 0 radical (unpaired) electrons. The predicted molar refractivity (Wildman–Crippen MR) is 83.1 cm³/mol. The first-order chi connectivity index (χ1) is 9.81. The largest absolute Gasteiger partial charge is 0.367 e. The van der Waals surface area contributed by atoms with E-state index in [-0.39, 0.29) is 0 Å². The van der Waals surface area contributed by atoms with Gasteiger partial charge in [-0.2, -0.15) is 5.10 Å². The Balaban J connectivity index is 1.54. The first-order valence-electron chi connectivity index (χ1n) is 8.31. The third-order valence-corrected chi connectivity index (χ3v) is 4.80. The van der Waals surface area contributed by atoms with E-state index in [0.29, 0.717) is 6.04 Å². The Kier molecular flexibility index (Phi) is 4.61. The number of hydrogen-bond donors (Lipinski definition) is 1. The quantitative estimate of drug-likeness (QED) is 0.862. The van der Waals surface area contributed by atoms with Crippen LogP contribution in [0.3, 0.4) is 0 Å². The summed E-state index contributed by atoms with van der Waals surface area (Å²) in [5.41, 5.74) is 1.28. The zero-order chi connectivity index (χ0) is 13.8. The van der Waals surface area contributed by atoms with Crippen molar-refractivity contribution in [2.24, 2.45) is 7.05 Å². The maximum atomic E-state index is 4.30. The molecule has 1 atom stereocenters. The normalized spacial score (nSPS) is 25.6. The Hall–Kier alpha value is -1.03. The predicted octanol–water partition coefficient (Wildman–Crippen LogP) is 2.70. The van der Waals surface area contributed by atoms with Crippen molar-refractivity contribution in [2.75, 3.05) is 18.0 Å². The Morgan fingerprint density at radius 1 is 1.05 bits per heavy atom. The Morgan fingerprint density at radius 2 is 1.80 bits per heavy atom. The molecule has 1 aliphatic heterocycles. The molecule has 112 valence electrons. The summed E-state index contributed by atoms with van der Waals surface area (Å²) < 4.78 is 1.90. The fraction of sp³-hybridized carbons (Fsp3) is 0.812. The van der Waals surface area contributed by atoms with E-state index in [0.717, 1.165) is 12.6 Å². The van der Waals surface area contributed by atoms with Gasteiger partial charge in [0.2, 0.25) is 0 Å². The number of piperidine rings is 1. The smallest absolute Gasteiger partial charge is 0.0752 e. The molecule has 0 spiro atoms. The van der Waals surface area contributed by atoms with E-state index in [9.17, 15) is 0 Å². The van der Waals surface area contributed by atoms with Crippen molar-refractivity contribution in [3.8, 4) is 0 Å². The van der Waals surface area contributed by atoms with Crippen LogP contribution in [0.2, 0.25) is 0 Å². The molecule has 20 heavy (non-hydrogen) atoms. The van der Waals surface area contributed by atoms with E-state index in [2.05, 4.69) is 21.5 Å². The summed E-state index contributed by atoms with van der Waals surface area (Å²) in [7, 11) is 1.99. The SMILES string of the molecule is Cn1cc(N2CCC[C@H](NC3CCCCCC3)C2)cn1. The first kappa shape index (κ1) is 13.9. The number of nitrogens with zero attached hydrogens (tertiary/aromatic N) is 3. The lowest BCUT2D eigenvalue weighted by Gasteiger charge is -2.36. The molecule has 1 aromatic rings. The number of anilines is 1. The summed E-state index contributed by atoms with van der Waals surface area (Å²) in [6, 6.07) is 1.42. The lowest BCUT2D eigenvalue weighted by atomic mass is 10.0. The lowest BCUT2D eigenvalue weighted by molar-refractivity contribution is 0.351. The summed E-state index contributed by atoms with van der Waals surface area (Å²) in [5, 5.41) is 8.23. The molecule has 0 unspecified atom stereocenters. The van der Waals surface area contributed by atoms with Gasteiger partial charge in [0.25, 0.3) is 0 Å². The molecule has 0 amide bonds. The van der Waals surface area contributed by atoms with Crippen molar-refractivity contribution < 1.29 is 0 Å². The zero-order valence-corrected chi connectivity index (χ0v) is 12.7. The molecule has 1 aliphatic carbocycles. The van der Waals surface area contributed by atoms with Crippen LogP contribution < -0.4 is 10.2 Å². The minimum atomic E-state index is 0.659. The minimum Gasteiger partial charge on any atom is -0.367 e. The molecule has 1 aromatic heterocycles. The highest BCUT2D eigenvalue weighted by atomic mass is 15.3. The molecule has 1 saturated heterocycles. The molecule has 0 bridgehead atoms. The van der Waals surface area contributed by atoms with Crippen LogP contribution in [-0.4, -0.2) is 35.0 Å². The van der Waals surface area contributed by atoms with Gasteiger partial charge in [0.15, 0.2) is 0 Å². The molecular formula is C16H28N4. The molecule has 1 saturated carbocycles. The Morgan fingerprint density at radius 3 is 2.50 bits per heavy atom. The van der Waals surface area contributed by atoms with E-state index in [1.807, 2.05) is 17.9 Å². The standard InChI is InChI=1S/C16H28N4/c1-19-13-16(11-17-19)20-10-6-9-15(12-20)18-14-7-4-2-3-5-8-14/h11,13-15,18H,2-10,12H2,1H3/t15-/m0/s1. The highest BCUT2D eigenvalue weighted by Gasteiger charge is 2.23. The second kappa shape index (κ2) is 6.61. The van der Waals surface area contributed by atoms with Crippen LogP contribution in [0.4, 0.5) is 5.69 Å². The molecule has 2 fully saturated rings. The number of aromatic nitrogens is 2. The van der Waals surface area contributed by atoms with E-state index < -0.39 is 0 Å². The average molecular weight is 276 g/mol. The molecule has 4 heteroatoms. The molecular weight excluding hydrogens is 248 g/mol. The zero-order valence-electron chi connectivity index (χ0n) is 12.7. The fourth-order valence-electron chi connectivity index (χ4n) is 3.70. The van der Waals surface area contributed by atoms with Crippen molar-refractivity contribution in [2.45, 2.75) is 63.5 Å². The average Bonchev–Trinajstić information content (AvgIpc) is 2.73. The monoisotopic (exact) mass is 276 g/mol. The summed E-state index contributed by atoms with van der Waals surface area (Å²) in [6.45, 7) is 2.32. The lowest BCUT2D eigenvalue weighted by Crippen LogP contribution is -2.49. The van der Waals surface area contributed by atoms with Crippen LogP contribution in [0.1, 0.15) is 51.4 Å². The molecule has 2 aliphatic rings. The number of rotatable bonds is 3. The highest BCUT2D eigenvalue weighted by molar-refractivity contribution is 5.42. The van der Waals surface area contributed by atoms with E-state index in [1.54, 1.807) is 0 Å². The van der Waals surface area contributed by atoms with Gasteiger partial charge in [-0.15, -0.1) is 0 Å². The number of aryl methyl sites for hydroxylation is 1. The van der Waals surface area contributed by atoms with Crippen LogP contribution >= 0.6 is 0 Å². The summed E-state index contributed by atoms with van der Waals surface area (Å²) in [5.74, 6) is 0. The molecule has 2 heterocycles. The van der Waals surface area contributed by atoms with Crippen LogP contribution in [0, 0.1) is 0 Å². The summed E-state index contributed by atoms with van der Waals surface area (Å²) in [6.07, 6.45) is 15.2. The number of hydrogen-bond acceptors (Lipinski definition) is 3. The van der Waals surface area contributed by atoms with Gasteiger partial charge in [-0.05, 0) is 25.7 Å². The van der Waals surface area contributed by atoms with Crippen molar-refractivity contribution in [1.29, 1.82) is 0 Å². The van der Waals surface area contributed by atoms with Gasteiger partial charge in [0.1, 0.15) is 0 Å². The maximum absolute atomic E-state index is 4.30. The third-order valence-electron chi connectivity index (χ3n) is 4.80. The number of nitrogens with one attached hydrogen (secondary N) is 1. The van der Waals surface area contributed by atoms with Crippen LogP contribution in [0.15, 0.2) is 12.4 Å². The molecule has 1 N–H and O–H groups in total. The van der Waals surface area contributed by atoms with Crippen LogP contribution in [0.5, 0.6) is 0 Å². The van der Waals surface area contributed by atoms with Gasteiger partial charge < -0.3 is 10.2 Å². The third kappa shape index (κ3) is 3.54. The van der Waals surface area contributed by atoms with Gasteiger partial charge in [-0.1, -0.05) is 25.7 Å². The fourth-order valence-corrected chi connectivity index (χ4v) is 3.70. The van der Waals surface area contributed by atoms with E-state index in [4.69, 9.17) is 0 Å². The minimum absolute atomic E-state index is 0.659. The van der Waals surface area contributed by atoms with E-state index in [1.165, 1.54) is 63.6 Å². The maximum Gasteiger partial charge on any atom is 0.0752 e. The second-order valence-electron chi connectivity index (χ2n) is 6.51. The Bertz CT molecular complexity index is 406. The first-order valence-corrected chi connectivity index (χ1v) is 8.31. The van der Waals surface area contributed by atoms with Crippen molar-refractivity contribution in [1.82, 2.24) is 15.1 Å². The van der Waals surface area contributed by atoms with Crippen molar-refractivity contribution in [3.63, 3.8) is 0 Å². The van der Waals surface area contributed by atoms with Gasteiger partial charge in [-0.25, -0.2) is 0 Å². The summed E-state index contributed by atoms with van der Waals surface area (Å²) in [4.78, 5) is 2.49. The second-order valence-corrected chi connectivity index (χ2v) is 6.51. The van der Waals surface area contributed by atoms with Gasteiger partial charge in [0.05, 0.1) is 11.9 Å². The molecule has 3 rings (SSSR count). The highest BCUT2D eigenvalue weighted by Crippen LogP contribution is 2.22. The van der Waals surface area contributed by atoms with Gasteiger partial charge >= 0.3 is 0 Å². The molecule has 0 aromatic carbocycles. The van der Waals surface area contributed by atoms with Crippen molar-refractivity contribution in [3.05, 3.63) is 12.4 Å². The topological polar surface area (TPSA) is 33.1 Å². The van der Waals surface area contributed by atoms with Crippen LogP contribution in [-0.2, 0) is 7.05 Å². The van der Waals surface area contributed by atoms with Crippen LogP contribution in [0.25, 0.3) is 0 Å². The van der Waals surface area contributed by atoms with Gasteiger partial charge in [0, 0.05) is 38.4 Å². The Labute approximate surface area is 122 Å². The summed E-state index contributed by atoms with van der Waals surface area (Å²) >= 11 is 0.